The molecule has 1 aromatic carbocycles. The quantitative estimate of drug-likeness (QED) is 0.812. The molecule has 0 saturated heterocycles. The zero-order chi connectivity index (χ0) is 10.7. The van der Waals surface area contributed by atoms with Gasteiger partial charge in [-0.05, 0) is 30.5 Å². The standard InChI is InChI=1S/C12H12N2O/c13-8-7-9-1-5-11(6-2-9)14-12(15)10-3-4-10/h1-2,5-6,10H,3-4,7H2,(H,14,15). The molecule has 0 atom stereocenters. The van der Waals surface area contributed by atoms with Crippen LogP contribution in [0.2, 0.25) is 0 Å². The van der Waals surface area contributed by atoms with E-state index in [-0.39, 0.29) is 11.8 Å². The first-order chi connectivity index (χ1) is 7.29. The number of carbonyl (C=O) groups is 1. The van der Waals surface area contributed by atoms with Gasteiger partial charge in [-0.15, -0.1) is 0 Å². The summed E-state index contributed by atoms with van der Waals surface area (Å²) < 4.78 is 0. The maximum absolute atomic E-state index is 11.4. The number of nitrogens with one attached hydrogen (secondary N) is 1. The number of nitriles is 1. The number of carbonyl (C=O) groups excluding carboxylic acids is 1. The molecule has 15 heavy (non-hydrogen) atoms. The Balaban J connectivity index is 1.97. The van der Waals surface area contributed by atoms with Crippen molar-refractivity contribution in [3.8, 4) is 6.07 Å². The van der Waals surface area contributed by atoms with Gasteiger partial charge in [0.15, 0.2) is 0 Å². The van der Waals surface area contributed by atoms with Crippen molar-refractivity contribution in [2.75, 3.05) is 5.32 Å². The second-order valence-electron chi connectivity index (χ2n) is 3.80. The van der Waals surface area contributed by atoms with Crippen molar-refractivity contribution in [3.63, 3.8) is 0 Å². The molecule has 0 unspecified atom stereocenters. The Hall–Kier alpha value is -1.82. The minimum absolute atomic E-state index is 0.114. The van der Waals surface area contributed by atoms with E-state index in [1.165, 1.54) is 0 Å². The predicted molar refractivity (Wildman–Crippen MR) is 57.1 cm³/mol. The highest BCUT2D eigenvalue weighted by molar-refractivity contribution is 5.93. The first-order valence-electron chi connectivity index (χ1n) is 5.06. The molecule has 1 aliphatic carbocycles. The van der Waals surface area contributed by atoms with Crippen molar-refractivity contribution in [2.24, 2.45) is 5.92 Å². The topological polar surface area (TPSA) is 52.9 Å². The number of amides is 1. The lowest BCUT2D eigenvalue weighted by atomic mass is 10.1. The molecule has 1 aromatic rings. The van der Waals surface area contributed by atoms with Gasteiger partial charge in [-0.1, -0.05) is 12.1 Å². The summed E-state index contributed by atoms with van der Waals surface area (Å²) in [7, 11) is 0. The van der Waals surface area contributed by atoms with Gasteiger partial charge in [-0.2, -0.15) is 5.26 Å². The summed E-state index contributed by atoms with van der Waals surface area (Å²) >= 11 is 0. The van der Waals surface area contributed by atoms with Gasteiger partial charge in [-0.25, -0.2) is 0 Å². The zero-order valence-electron chi connectivity index (χ0n) is 8.36. The van der Waals surface area contributed by atoms with Gasteiger partial charge in [0.1, 0.15) is 0 Å². The molecule has 0 aromatic heterocycles. The van der Waals surface area contributed by atoms with Crippen molar-refractivity contribution >= 4 is 11.6 Å². The van der Waals surface area contributed by atoms with E-state index >= 15 is 0 Å². The fourth-order valence-corrected chi connectivity index (χ4v) is 1.39. The summed E-state index contributed by atoms with van der Waals surface area (Å²) in [5.41, 5.74) is 1.79. The average Bonchev–Trinajstić information content (AvgIpc) is 3.04. The summed E-state index contributed by atoms with van der Waals surface area (Å²) in [4.78, 5) is 11.4. The third-order valence-corrected chi connectivity index (χ3v) is 2.45. The van der Waals surface area contributed by atoms with E-state index in [1.807, 2.05) is 24.3 Å². The zero-order valence-corrected chi connectivity index (χ0v) is 8.36. The third-order valence-electron chi connectivity index (χ3n) is 2.45. The lowest BCUT2D eigenvalue weighted by Gasteiger charge is -2.04. The van der Waals surface area contributed by atoms with Crippen LogP contribution in [-0.4, -0.2) is 5.91 Å². The number of anilines is 1. The Morgan fingerprint density at radius 2 is 2.07 bits per heavy atom. The van der Waals surface area contributed by atoms with E-state index in [9.17, 15) is 4.79 Å². The highest BCUT2D eigenvalue weighted by Gasteiger charge is 2.29. The Morgan fingerprint density at radius 1 is 1.40 bits per heavy atom. The first-order valence-corrected chi connectivity index (χ1v) is 5.06. The lowest BCUT2D eigenvalue weighted by Crippen LogP contribution is -2.13. The van der Waals surface area contributed by atoms with E-state index in [2.05, 4.69) is 11.4 Å². The molecular formula is C12H12N2O. The molecule has 0 aliphatic heterocycles. The minimum atomic E-state index is 0.114. The molecule has 0 spiro atoms. The number of hydrogen-bond acceptors (Lipinski definition) is 2. The highest BCUT2D eigenvalue weighted by Crippen LogP contribution is 2.30. The average molecular weight is 200 g/mol. The van der Waals surface area contributed by atoms with Gasteiger partial charge in [0, 0.05) is 11.6 Å². The maximum atomic E-state index is 11.4. The van der Waals surface area contributed by atoms with Crippen molar-refractivity contribution < 1.29 is 4.79 Å². The smallest absolute Gasteiger partial charge is 0.227 e. The fraction of sp³-hybridized carbons (Fsp3) is 0.333. The molecule has 0 radical (unpaired) electrons. The third kappa shape index (κ3) is 2.57. The summed E-state index contributed by atoms with van der Waals surface area (Å²) in [6, 6.07) is 9.50. The van der Waals surface area contributed by atoms with Crippen LogP contribution in [0.3, 0.4) is 0 Å². The van der Waals surface area contributed by atoms with Gasteiger partial charge < -0.3 is 5.32 Å². The predicted octanol–water partition coefficient (Wildman–Crippen LogP) is 2.10. The van der Waals surface area contributed by atoms with Gasteiger partial charge in [-0.3, -0.25) is 4.79 Å². The van der Waals surface area contributed by atoms with Crippen LogP contribution in [0, 0.1) is 17.2 Å². The molecule has 1 aliphatic rings. The van der Waals surface area contributed by atoms with Crippen LogP contribution >= 0.6 is 0 Å². The summed E-state index contributed by atoms with van der Waals surface area (Å²) in [5, 5.41) is 11.3. The van der Waals surface area contributed by atoms with E-state index in [4.69, 9.17) is 5.26 Å². The van der Waals surface area contributed by atoms with E-state index in [0.717, 1.165) is 24.1 Å². The van der Waals surface area contributed by atoms with Crippen LogP contribution in [-0.2, 0) is 11.2 Å². The van der Waals surface area contributed by atoms with Crippen LogP contribution in [0.4, 0.5) is 5.69 Å². The molecule has 3 nitrogen and oxygen atoms in total. The number of nitrogens with zero attached hydrogens (tertiary/aromatic N) is 1. The molecular weight excluding hydrogens is 188 g/mol. The van der Waals surface area contributed by atoms with Gasteiger partial charge in [0.25, 0.3) is 0 Å². The Kier molecular flexibility index (Phi) is 2.68. The molecule has 2 rings (SSSR count). The van der Waals surface area contributed by atoms with Crippen LogP contribution < -0.4 is 5.32 Å². The molecule has 1 fully saturated rings. The van der Waals surface area contributed by atoms with Crippen molar-refractivity contribution in [1.82, 2.24) is 0 Å². The Morgan fingerprint density at radius 3 is 2.60 bits per heavy atom. The molecule has 3 heteroatoms. The van der Waals surface area contributed by atoms with Crippen LogP contribution in [0.5, 0.6) is 0 Å². The lowest BCUT2D eigenvalue weighted by molar-refractivity contribution is -0.117. The number of rotatable bonds is 3. The summed E-state index contributed by atoms with van der Waals surface area (Å²) in [6.07, 6.45) is 2.44. The fourth-order valence-electron chi connectivity index (χ4n) is 1.39. The highest BCUT2D eigenvalue weighted by atomic mass is 16.2. The van der Waals surface area contributed by atoms with Gasteiger partial charge in [0.2, 0.25) is 5.91 Å². The Labute approximate surface area is 88.7 Å². The molecule has 0 heterocycles. The normalized spacial score (nSPS) is 14.3. The molecule has 76 valence electrons. The van der Waals surface area contributed by atoms with Gasteiger partial charge >= 0.3 is 0 Å². The monoisotopic (exact) mass is 200 g/mol. The van der Waals surface area contributed by atoms with Crippen LogP contribution in [0.1, 0.15) is 18.4 Å². The first kappa shape index (κ1) is 9.72. The second kappa shape index (κ2) is 4.14. The van der Waals surface area contributed by atoms with Crippen LogP contribution in [0.15, 0.2) is 24.3 Å². The summed E-state index contributed by atoms with van der Waals surface area (Å²) in [5.74, 6) is 0.340. The molecule has 1 saturated carbocycles. The Bertz CT molecular complexity index is 399. The van der Waals surface area contributed by atoms with E-state index in [1.54, 1.807) is 0 Å². The van der Waals surface area contributed by atoms with E-state index in [0.29, 0.717) is 6.42 Å². The second-order valence-corrected chi connectivity index (χ2v) is 3.80. The number of benzene rings is 1. The molecule has 1 amide bonds. The van der Waals surface area contributed by atoms with Gasteiger partial charge in [0.05, 0.1) is 12.5 Å². The van der Waals surface area contributed by atoms with Crippen molar-refractivity contribution in [1.29, 1.82) is 5.26 Å². The SMILES string of the molecule is N#CCc1ccc(NC(=O)C2CC2)cc1. The number of hydrogen-bond donors (Lipinski definition) is 1. The van der Waals surface area contributed by atoms with Crippen LogP contribution in [0.25, 0.3) is 0 Å². The summed E-state index contributed by atoms with van der Waals surface area (Å²) in [6.45, 7) is 0. The molecule has 1 N–H and O–H groups in total. The molecule has 0 bridgehead atoms. The van der Waals surface area contributed by atoms with Crippen molar-refractivity contribution in [2.45, 2.75) is 19.3 Å². The van der Waals surface area contributed by atoms with E-state index < -0.39 is 0 Å². The maximum Gasteiger partial charge on any atom is 0.227 e. The minimum Gasteiger partial charge on any atom is -0.326 e. The van der Waals surface area contributed by atoms with Crippen molar-refractivity contribution in [3.05, 3.63) is 29.8 Å². The largest absolute Gasteiger partial charge is 0.326 e.